The smallest absolute Gasteiger partial charge is 0.275 e. The van der Waals surface area contributed by atoms with Crippen LogP contribution in [0, 0.1) is 0 Å². The number of hydrogen-bond acceptors (Lipinski definition) is 3. The van der Waals surface area contributed by atoms with Crippen molar-refractivity contribution in [3.8, 4) is 16.9 Å². The standard InChI is InChI=1S/C25H20N2O2/c1-17(18-11-13-20(14-12-18)19-7-3-2-4-8-19)26-27-25(29)23-15-21-9-5-6-10-22(21)16-24(23)28/h2-16,28H,1H3,(H,27,29). The zero-order valence-electron chi connectivity index (χ0n) is 16.0. The van der Waals surface area contributed by atoms with Crippen LogP contribution in [0.2, 0.25) is 0 Å². The molecule has 0 aliphatic rings. The molecule has 0 radical (unpaired) electrons. The Kier molecular flexibility index (Phi) is 5.08. The summed E-state index contributed by atoms with van der Waals surface area (Å²) in [5, 5.41) is 16.1. The number of phenols is 1. The molecule has 0 spiro atoms. The minimum absolute atomic E-state index is 0.0683. The largest absolute Gasteiger partial charge is 0.507 e. The number of amides is 1. The van der Waals surface area contributed by atoms with Crippen LogP contribution >= 0.6 is 0 Å². The number of nitrogens with one attached hydrogen (secondary N) is 1. The van der Waals surface area contributed by atoms with Crippen LogP contribution < -0.4 is 5.43 Å². The van der Waals surface area contributed by atoms with E-state index in [0.29, 0.717) is 5.71 Å². The highest BCUT2D eigenvalue weighted by molar-refractivity contribution is 6.03. The van der Waals surface area contributed by atoms with Crippen molar-refractivity contribution in [1.82, 2.24) is 5.43 Å². The summed E-state index contributed by atoms with van der Waals surface area (Å²) in [6, 6.07) is 28.9. The van der Waals surface area contributed by atoms with Gasteiger partial charge in [0.25, 0.3) is 5.91 Å². The van der Waals surface area contributed by atoms with Crippen molar-refractivity contribution in [1.29, 1.82) is 0 Å². The molecular weight excluding hydrogens is 360 g/mol. The van der Waals surface area contributed by atoms with E-state index < -0.39 is 5.91 Å². The number of phenolic OH excluding ortho intramolecular Hbond substituents is 1. The Morgan fingerprint density at radius 3 is 2.07 bits per heavy atom. The monoisotopic (exact) mass is 380 g/mol. The number of nitrogens with zero attached hydrogens (tertiary/aromatic N) is 1. The molecule has 0 unspecified atom stereocenters. The highest BCUT2D eigenvalue weighted by Gasteiger charge is 2.12. The van der Waals surface area contributed by atoms with Gasteiger partial charge in [0.1, 0.15) is 5.75 Å². The molecule has 0 fully saturated rings. The lowest BCUT2D eigenvalue weighted by Gasteiger charge is -2.07. The quantitative estimate of drug-likeness (QED) is 0.369. The number of hydrogen-bond donors (Lipinski definition) is 2. The molecule has 0 bridgehead atoms. The number of benzene rings is 4. The van der Waals surface area contributed by atoms with Gasteiger partial charge in [0.15, 0.2) is 0 Å². The van der Waals surface area contributed by atoms with E-state index in [-0.39, 0.29) is 11.3 Å². The molecule has 4 nitrogen and oxygen atoms in total. The average Bonchev–Trinajstić information content (AvgIpc) is 2.77. The second-order valence-electron chi connectivity index (χ2n) is 6.80. The van der Waals surface area contributed by atoms with Crippen molar-refractivity contribution in [3.63, 3.8) is 0 Å². The number of fused-ring (bicyclic) bond motifs is 1. The fraction of sp³-hybridized carbons (Fsp3) is 0.0400. The molecule has 0 aromatic heterocycles. The first-order valence-corrected chi connectivity index (χ1v) is 9.34. The molecule has 4 rings (SSSR count). The zero-order chi connectivity index (χ0) is 20.2. The van der Waals surface area contributed by atoms with Crippen molar-refractivity contribution >= 4 is 22.4 Å². The molecule has 4 heteroatoms. The molecule has 4 aromatic carbocycles. The molecule has 29 heavy (non-hydrogen) atoms. The lowest BCUT2D eigenvalue weighted by molar-refractivity contribution is 0.0952. The van der Waals surface area contributed by atoms with Crippen LogP contribution in [0.3, 0.4) is 0 Å². The number of rotatable bonds is 4. The van der Waals surface area contributed by atoms with E-state index in [1.54, 1.807) is 12.1 Å². The van der Waals surface area contributed by atoms with Gasteiger partial charge in [-0.25, -0.2) is 5.43 Å². The zero-order valence-corrected chi connectivity index (χ0v) is 16.0. The SMILES string of the molecule is CC(=NNC(=O)c1cc2ccccc2cc1O)c1ccc(-c2ccccc2)cc1. The van der Waals surface area contributed by atoms with Crippen LogP contribution in [-0.4, -0.2) is 16.7 Å². The minimum Gasteiger partial charge on any atom is -0.507 e. The second-order valence-corrected chi connectivity index (χ2v) is 6.80. The predicted molar refractivity (Wildman–Crippen MR) is 117 cm³/mol. The molecule has 0 aliphatic heterocycles. The van der Waals surface area contributed by atoms with E-state index in [4.69, 9.17) is 0 Å². The fourth-order valence-corrected chi connectivity index (χ4v) is 3.20. The third kappa shape index (κ3) is 4.01. The summed E-state index contributed by atoms with van der Waals surface area (Å²) in [4.78, 5) is 12.5. The summed E-state index contributed by atoms with van der Waals surface area (Å²) in [5.74, 6) is -0.519. The summed E-state index contributed by atoms with van der Waals surface area (Å²) in [5.41, 5.74) is 6.59. The lowest BCUT2D eigenvalue weighted by atomic mass is 10.0. The van der Waals surface area contributed by atoms with Crippen LogP contribution in [-0.2, 0) is 0 Å². The van der Waals surface area contributed by atoms with Crippen molar-refractivity contribution in [2.24, 2.45) is 5.10 Å². The average molecular weight is 380 g/mol. The summed E-state index contributed by atoms with van der Waals surface area (Å²) in [6.45, 7) is 1.83. The van der Waals surface area contributed by atoms with Gasteiger partial charge in [-0.3, -0.25) is 4.79 Å². The maximum atomic E-state index is 12.5. The molecule has 0 heterocycles. The van der Waals surface area contributed by atoms with Crippen LogP contribution in [0.4, 0.5) is 0 Å². The second kappa shape index (κ2) is 7.98. The van der Waals surface area contributed by atoms with Gasteiger partial charge in [-0.1, -0.05) is 78.9 Å². The van der Waals surface area contributed by atoms with E-state index >= 15 is 0 Å². The Morgan fingerprint density at radius 1 is 0.793 bits per heavy atom. The lowest BCUT2D eigenvalue weighted by Crippen LogP contribution is -2.19. The van der Waals surface area contributed by atoms with Gasteiger partial charge in [-0.15, -0.1) is 0 Å². The Morgan fingerprint density at radius 2 is 1.38 bits per heavy atom. The summed E-state index contributed by atoms with van der Waals surface area (Å²) < 4.78 is 0. The summed E-state index contributed by atoms with van der Waals surface area (Å²) >= 11 is 0. The third-order valence-electron chi connectivity index (χ3n) is 4.84. The van der Waals surface area contributed by atoms with Gasteiger partial charge in [0.05, 0.1) is 11.3 Å². The van der Waals surface area contributed by atoms with E-state index in [1.807, 2.05) is 73.7 Å². The summed E-state index contributed by atoms with van der Waals surface area (Å²) in [7, 11) is 0. The van der Waals surface area contributed by atoms with Crippen molar-refractivity contribution in [2.45, 2.75) is 6.92 Å². The van der Waals surface area contributed by atoms with E-state index in [9.17, 15) is 9.90 Å². The number of carbonyl (C=O) groups excluding carboxylic acids is 1. The first kappa shape index (κ1) is 18.4. The van der Waals surface area contributed by atoms with Crippen molar-refractivity contribution in [2.75, 3.05) is 0 Å². The molecule has 0 aliphatic carbocycles. The van der Waals surface area contributed by atoms with Gasteiger partial charge >= 0.3 is 0 Å². The Bertz CT molecular complexity index is 1200. The first-order valence-electron chi connectivity index (χ1n) is 9.34. The highest BCUT2D eigenvalue weighted by atomic mass is 16.3. The first-order chi connectivity index (χ1) is 14.1. The predicted octanol–water partition coefficient (Wildman–Crippen LogP) is 5.37. The Balaban J connectivity index is 1.51. The maximum absolute atomic E-state index is 12.5. The third-order valence-corrected chi connectivity index (χ3v) is 4.84. The van der Waals surface area contributed by atoms with Gasteiger partial charge in [-0.05, 0) is 46.5 Å². The van der Waals surface area contributed by atoms with E-state index in [2.05, 4.69) is 22.7 Å². The summed E-state index contributed by atoms with van der Waals surface area (Å²) in [6.07, 6.45) is 0. The number of aromatic hydroxyl groups is 1. The molecule has 142 valence electrons. The van der Waals surface area contributed by atoms with Crippen LogP contribution in [0.1, 0.15) is 22.8 Å². The van der Waals surface area contributed by atoms with Crippen molar-refractivity contribution in [3.05, 3.63) is 102 Å². The molecule has 1 amide bonds. The van der Waals surface area contributed by atoms with E-state index in [0.717, 1.165) is 27.5 Å². The molecule has 0 saturated carbocycles. The number of carbonyl (C=O) groups is 1. The highest BCUT2D eigenvalue weighted by Crippen LogP contribution is 2.25. The van der Waals surface area contributed by atoms with Crippen LogP contribution in [0.25, 0.3) is 21.9 Å². The Hall–Kier alpha value is -3.92. The topological polar surface area (TPSA) is 61.7 Å². The molecule has 4 aromatic rings. The Labute approximate surface area is 169 Å². The van der Waals surface area contributed by atoms with Gasteiger partial charge < -0.3 is 5.11 Å². The van der Waals surface area contributed by atoms with Crippen molar-refractivity contribution < 1.29 is 9.90 Å². The van der Waals surface area contributed by atoms with Crippen LogP contribution in [0.15, 0.2) is 96.1 Å². The molecule has 0 saturated heterocycles. The molecule has 0 atom stereocenters. The maximum Gasteiger partial charge on any atom is 0.275 e. The number of hydrazone groups is 1. The normalized spacial score (nSPS) is 11.4. The molecule has 2 N–H and O–H groups in total. The minimum atomic E-state index is -0.450. The fourth-order valence-electron chi connectivity index (χ4n) is 3.20. The molecular formula is C25H20N2O2. The van der Waals surface area contributed by atoms with Crippen LogP contribution in [0.5, 0.6) is 5.75 Å². The van der Waals surface area contributed by atoms with Gasteiger partial charge in [-0.2, -0.15) is 5.10 Å². The van der Waals surface area contributed by atoms with Gasteiger partial charge in [0, 0.05) is 0 Å². The van der Waals surface area contributed by atoms with E-state index in [1.165, 1.54) is 0 Å². The van der Waals surface area contributed by atoms with Gasteiger partial charge in [0.2, 0.25) is 0 Å².